The smallest absolute Gasteiger partial charge is 0.227 e. The summed E-state index contributed by atoms with van der Waals surface area (Å²) in [7, 11) is 0. The van der Waals surface area contributed by atoms with Gasteiger partial charge in [0.15, 0.2) is 0 Å². The number of benzene rings is 1. The lowest BCUT2D eigenvalue weighted by Crippen LogP contribution is -2.46. The number of nitrogens with zero attached hydrogens (tertiary/aromatic N) is 6. The Hall–Kier alpha value is -2.81. The molecule has 4 heterocycles. The van der Waals surface area contributed by atoms with Gasteiger partial charge >= 0.3 is 0 Å². The summed E-state index contributed by atoms with van der Waals surface area (Å²) in [5, 5.41) is 10.6. The molecule has 7 nitrogen and oxygen atoms in total. The molecule has 1 fully saturated rings. The predicted molar refractivity (Wildman–Crippen MR) is 121 cm³/mol. The third-order valence-electron chi connectivity index (χ3n) is 5.60. The average Bonchev–Trinajstić information content (AvgIpc) is 3.58. The largest absolute Gasteiger partial charge is 0.339 e. The zero-order chi connectivity index (χ0) is 20.9. The van der Waals surface area contributed by atoms with Crippen molar-refractivity contribution < 1.29 is 4.52 Å². The number of para-hydroxylation sites is 1. The molecule has 0 unspecified atom stereocenters. The van der Waals surface area contributed by atoms with Gasteiger partial charge in [0.2, 0.25) is 11.7 Å². The van der Waals surface area contributed by atoms with Crippen molar-refractivity contribution >= 4 is 11.3 Å². The first-order valence-corrected chi connectivity index (χ1v) is 11.6. The van der Waals surface area contributed by atoms with Crippen LogP contribution < -0.4 is 0 Å². The molecule has 160 valence electrons. The van der Waals surface area contributed by atoms with E-state index in [1.807, 2.05) is 46.6 Å². The van der Waals surface area contributed by atoms with Crippen molar-refractivity contribution in [1.29, 1.82) is 0 Å². The Morgan fingerprint density at radius 1 is 0.968 bits per heavy atom. The molecule has 5 rings (SSSR count). The SMILES string of the molecule is c1ccc(-n2cc(CN3CCN(CCCc4nc(-c5cccs5)no4)CC3)cn2)cc1. The highest BCUT2D eigenvalue weighted by Crippen LogP contribution is 2.21. The van der Waals surface area contributed by atoms with Crippen LogP contribution in [-0.2, 0) is 13.0 Å². The Bertz CT molecular complexity index is 1070. The van der Waals surface area contributed by atoms with Crippen LogP contribution in [0.2, 0.25) is 0 Å². The van der Waals surface area contributed by atoms with E-state index in [9.17, 15) is 0 Å². The molecule has 0 saturated carbocycles. The number of aryl methyl sites for hydroxylation is 1. The normalized spacial score (nSPS) is 15.5. The highest BCUT2D eigenvalue weighted by atomic mass is 32.1. The van der Waals surface area contributed by atoms with E-state index < -0.39 is 0 Å². The van der Waals surface area contributed by atoms with E-state index in [0.717, 1.165) is 68.6 Å². The molecule has 0 N–H and O–H groups in total. The van der Waals surface area contributed by atoms with Gasteiger partial charge in [-0.15, -0.1) is 11.3 Å². The van der Waals surface area contributed by atoms with E-state index >= 15 is 0 Å². The van der Waals surface area contributed by atoms with Crippen molar-refractivity contribution in [3.05, 3.63) is 71.7 Å². The summed E-state index contributed by atoms with van der Waals surface area (Å²) in [4.78, 5) is 10.6. The zero-order valence-corrected chi connectivity index (χ0v) is 18.2. The standard InChI is InChI=1S/C23H26N6OS/c1-2-6-20(7-3-1)29-18-19(16-24-29)17-28-13-11-27(12-14-28)10-4-9-22-25-23(26-30-22)21-8-5-15-31-21/h1-3,5-8,15-16,18H,4,9-14,17H2. The lowest BCUT2D eigenvalue weighted by atomic mass is 10.2. The Morgan fingerprint density at radius 3 is 2.61 bits per heavy atom. The molecular weight excluding hydrogens is 408 g/mol. The molecule has 1 aliphatic heterocycles. The lowest BCUT2D eigenvalue weighted by Gasteiger charge is -2.34. The van der Waals surface area contributed by atoms with Crippen molar-refractivity contribution in [1.82, 2.24) is 29.7 Å². The van der Waals surface area contributed by atoms with E-state index in [-0.39, 0.29) is 0 Å². The topological polar surface area (TPSA) is 63.2 Å². The van der Waals surface area contributed by atoms with Gasteiger partial charge in [-0.25, -0.2) is 4.68 Å². The molecule has 0 aliphatic carbocycles. The van der Waals surface area contributed by atoms with Crippen molar-refractivity contribution in [2.75, 3.05) is 32.7 Å². The summed E-state index contributed by atoms with van der Waals surface area (Å²) >= 11 is 1.63. The average molecular weight is 435 g/mol. The Labute approximate surface area is 185 Å². The van der Waals surface area contributed by atoms with E-state index in [4.69, 9.17) is 4.52 Å². The van der Waals surface area contributed by atoms with Gasteiger partial charge in [-0.05, 0) is 36.5 Å². The minimum absolute atomic E-state index is 0.703. The van der Waals surface area contributed by atoms with Gasteiger partial charge in [-0.1, -0.05) is 29.4 Å². The number of hydrogen-bond donors (Lipinski definition) is 0. The molecule has 8 heteroatoms. The second-order valence-corrected chi connectivity index (χ2v) is 8.79. The second-order valence-electron chi connectivity index (χ2n) is 7.84. The van der Waals surface area contributed by atoms with Crippen LogP contribution in [0.4, 0.5) is 0 Å². The zero-order valence-electron chi connectivity index (χ0n) is 17.4. The third-order valence-corrected chi connectivity index (χ3v) is 6.47. The first-order valence-electron chi connectivity index (χ1n) is 10.7. The molecule has 1 aliphatic rings. The summed E-state index contributed by atoms with van der Waals surface area (Å²) < 4.78 is 7.36. The molecule has 0 radical (unpaired) electrons. The maximum Gasteiger partial charge on any atom is 0.227 e. The minimum Gasteiger partial charge on any atom is -0.339 e. The number of thiophene rings is 1. The number of rotatable bonds is 8. The van der Waals surface area contributed by atoms with Crippen LogP contribution in [0, 0.1) is 0 Å². The molecular formula is C23H26N6OS. The molecule has 4 aromatic rings. The quantitative estimate of drug-likeness (QED) is 0.421. The van der Waals surface area contributed by atoms with E-state index in [1.54, 1.807) is 11.3 Å². The van der Waals surface area contributed by atoms with Gasteiger partial charge in [0.25, 0.3) is 0 Å². The van der Waals surface area contributed by atoms with Crippen molar-refractivity contribution in [2.24, 2.45) is 0 Å². The van der Waals surface area contributed by atoms with Crippen LogP contribution in [0.5, 0.6) is 0 Å². The van der Waals surface area contributed by atoms with E-state index in [1.165, 1.54) is 5.56 Å². The minimum atomic E-state index is 0.703. The Kier molecular flexibility index (Phi) is 6.20. The maximum atomic E-state index is 5.41. The van der Waals surface area contributed by atoms with Crippen LogP contribution in [0.3, 0.4) is 0 Å². The Morgan fingerprint density at radius 2 is 1.81 bits per heavy atom. The van der Waals surface area contributed by atoms with Crippen LogP contribution in [-0.4, -0.2) is 62.4 Å². The first kappa shape index (κ1) is 20.1. The van der Waals surface area contributed by atoms with Crippen LogP contribution in [0.25, 0.3) is 16.4 Å². The number of hydrogen-bond acceptors (Lipinski definition) is 7. The van der Waals surface area contributed by atoms with Gasteiger partial charge in [-0.2, -0.15) is 10.1 Å². The molecule has 0 spiro atoms. The fraction of sp³-hybridized carbons (Fsp3) is 0.348. The molecule has 1 aromatic carbocycles. The van der Waals surface area contributed by atoms with Gasteiger partial charge in [0.05, 0.1) is 16.8 Å². The van der Waals surface area contributed by atoms with Gasteiger partial charge < -0.3 is 9.42 Å². The fourth-order valence-electron chi connectivity index (χ4n) is 3.91. The Balaban J connectivity index is 1.04. The van der Waals surface area contributed by atoms with Gasteiger partial charge in [0.1, 0.15) is 0 Å². The molecule has 0 bridgehead atoms. The van der Waals surface area contributed by atoms with E-state index in [2.05, 4.69) is 43.4 Å². The lowest BCUT2D eigenvalue weighted by molar-refractivity contribution is 0.125. The molecule has 0 atom stereocenters. The number of piperazine rings is 1. The van der Waals surface area contributed by atoms with Gasteiger partial charge in [-0.3, -0.25) is 4.90 Å². The fourth-order valence-corrected chi connectivity index (χ4v) is 4.56. The summed E-state index contributed by atoms with van der Waals surface area (Å²) in [6.45, 7) is 6.37. The van der Waals surface area contributed by atoms with Gasteiger partial charge in [0, 0.05) is 50.9 Å². The highest BCUT2D eigenvalue weighted by Gasteiger charge is 2.18. The monoisotopic (exact) mass is 434 g/mol. The summed E-state index contributed by atoms with van der Waals surface area (Å²) in [5.74, 6) is 1.44. The van der Waals surface area contributed by atoms with Crippen LogP contribution in [0.15, 0.2) is 64.8 Å². The van der Waals surface area contributed by atoms with E-state index in [0.29, 0.717) is 5.82 Å². The van der Waals surface area contributed by atoms with Crippen LogP contribution in [0.1, 0.15) is 17.9 Å². The summed E-state index contributed by atoms with van der Waals surface area (Å²) in [6, 6.07) is 14.3. The highest BCUT2D eigenvalue weighted by molar-refractivity contribution is 7.13. The summed E-state index contributed by atoms with van der Waals surface area (Å²) in [5.41, 5.74) is 2.36. The molecule has 31 heavy (non-hydrogen) atoms. The molecule has 0 amide bonds. The first-order chi connectivity index (χ1) is 15.3. The number of aromatic nitrogens is 4. The molecule has 3 aromatic heterocycles. The third kappa shape index (κ3) is 5.10. The van der Waals surface area contributed by atoms with Crippen molar-refractivity contribution in [2.45, 2.75) is 19.4 Å². The van der Waals surface area contributed by atoms with Crippen LogP contribution >= 0.6 is 11.3 Å². The van der Waals surface area contributed by atoms with Crippen molar-refractivity contribution in [3.63, 3.8) is 0 Å². The second kappa shape index (κ2) is 9.55. The summed E-state index contributed by atoms with van der Waals surface area (Å²) in [6.07, 6.45) is 5.98. The predicted octanol–water partition coefficient (Wildman–Crippen LogP) is 3.73. The van der Waals surface area contributed by atoms with Crippen molar-refractivity contribution in [3.8, 4) is 16.4 Å². The maximum absolute atomic E-state index is 5.41. The molecule has 1 saturated heterocycles.